The Morgan fingerprint density at radius 2 is 2.25 bits per heavy atom. The van der Waals surface area contributed by atoms with E-state index in [0.717, 1.165) is 17.1 Å². The Morgan fingerprint density at radius 3 is 2.90 bits per heavy atom. The first-order valence-electron chi connectivity index (χ1n) is 6.33. The first kappa shape index (κ1) is 15.1. The number of nitrogens with zero attached hydrogens (tertiary/aromatic N) is 1. The summed E-state index contributed by atoms with van der Waals surface area (Å²) in [6, 6.07) is 3.65. The number of nitrogens with one attached hydrogen (secondary N) is 1. The number of rotatable bonds is 7. The van der Waals surface area contributed by atoms with Crippen LogP contribution in [0.4, 0.5) is 0 Å². The summed E-state index contributed by atoms with van der Waals surface area (Å²) in [7, 11) is 1.61. The van der Waals surface area contributed by atoms with Gasteiger partial charge in [0.1, 0.15) is 11.6 Å². The van der Waals surface area contributed by atoms with Gasteiger partial charge >= 0.3 is 0 Å². The van der Waals surface area contributed by atoms with Crippen molar-refractivity contribution in [2.45, 2.75) is 20.1 Å². The van der Waals surface area contributed by atoms with Crippen LogP contribution in [0.5, 0.6) is 11.5 Å². The van der Waals surface area contributed by atoms with Crippen molar-refractivity contribution < 1.29 is 9.47 Å². The maximum absolute atomic E-state index is 6.11. The van der Waals surface area contributed by atoms with Gasteiger partial charge in [-0.05, 0) is 12.6 Å². The Hall–Kier alpha value is -1.30. The van der Waals surface area contributed by atoms with Crippen molar-refractivity contribution in [3.05, 3.63) is 39.3 Å². The molecule has 0 fully saturated rings. The Labute approximate surface area is 127 Å². The zero-order valence-corrected chi connectivity index (χ0v) is 13.1. The Kier molecular flexibility index (Phi) is 5.64. The van der Waals surface area contributed by atoms with Crippen LogP contribution in [0.1, 0.15) is 17.5 Å². The number of halogens is 1. The van der Waals surface area contributed by atoms with E-state index >= 15 is 0 Å². The SMILES string of the molecule is CCNCc1cc(Cl)cc(OC)c1OCc1nccs1. The molecule has 0 radical (unpaired) electrons. The van der Waals surface area contributed by atoms with Crippen LogP contribution in [0, 0.1) is 0 Å². The van der Waals surface area contributed by atoms with Crippen molar-refractivity contribution in [3.8, 4) is 11.5 Å². The standard InChI is InChI=1S/C14H17ClN2O2S/c1-3-16-8-10-6-11(15)7-12(18-2)14(10)19-9-13-17-4-5-20-13/h4-7,16H,3,8-9H2,1-2H3. The summed E-state index contributed by atoms with van der Waals surface area (Å²) in [6.07, 6.45) is 1.77. The summed E-state index contributed by atoms with van der Waals surface area (Å²) in [6.45, 7) is 4.04. The average molecular weight is 313 g/mol. The molecule has 1 heterocycles. The second kappa shape index (κ2) is 7.47. The highest BCUT2D eigenvalue weighted by Crippen LogP contribution is 2.35. The van der Waals surface area contributed by atoms with Crippen LogP contribution in [0.25, 0.3) is 0 Å². The smallest absolute Gasteiger partial charge is 0.166 e. The number of benzene rings is 1. The molecule has 1 aromatic carbocycles. The van der Waals surface area contributed by atoms with Gasteiger partial charge in [-0.25, -0.2) is 4.98 Å². The largest absolute Gasteiger partial charge is 0.493 e. The third-order valence-corrected chi connectivity index (χ3v) is 3.68. The second-order valence-corrected chi connectivity index (χ2v) is 5.51. The molecular formula is C14H17ClN2O2S. The fourth-order valence-corrected chi connectivity index (χ4v) is 2.55. The summed E-state index contributed by atoms with van der Waals surface area (Å²) in [5.41, 5.74) is 0.979. The highest BCUT2D eigenvalue weighted by Gasteiger charge is 2.13. The van der Waals surface area contributed by atoms with Gasteiger partial charge in [0.2, 0.25) is 0 Å². The topological polar surface area (TPSA) is 43.4 Å². The lowest BCUT2D eigenvalue weighted by molar-refractivity contribution is 0.280. The summed E-state index contributed by atoms with van der Waals surface area (Å²) >= 11 is 7.67. The maximum Gasteiger partial charge on any atom is 0.166 e. The van der Waals surface area contributed by atoms with Crippen molar-refractivity contribution in [2.75, 3.05) is 13.7 Å². The van der Waals surface area contributed by atoms with Gasteiger partial charge in [0.25, 0.3) is 0 Å². The van der Waals surface area contributed by atoms with Gasteiger partial charge in [0, 0.05) is 34.8 Å². The molecule has 2 rings (SSSR count). The van der Waals surface area contributed by atoms with Gasteiger partial charge in [-0.3, -0.25) is 0 Å². The fraction of sp³-hybridized carbons (Fsp3) is 0.357. The van der Waals surface area contributed by atoms with E-state index in [4.69, 9.17) is 21.1 Å². The predicted molar refractivity (Wildman–Crippen MR) is 81.8 cm³/mol. The van der Waals surface area contributed by atoms with Gasteiger partial charge in [0.15, 0.2) is 11.5 Å². The van der Waals surface area contributed by atoms with Crippen LogP contribution >= 0.6 is 22.9 Å². The van der Waals surface area contributed by atoms with E-state index in [1.165, 1.54) is 0 Å². The Morgan fingerprint density at radius 1 is 1.40 bits per heavy atom. The molecule has 0 saturated carbocycles. The summed E-state index contributed by atoms with van der Waals surface area (Å²) in [5, 5.41) is 6.76. The maximum atomic E-state index is 6.11. The van der Waals surface area contributed by atoms with Gasteiger partial charge in [-0.1, -0.05) is 18.5 Å². The number of hydrogen-bond acceptors (Lipinski definition) is 5. The molecule has 0 aliphatic heterocycles. The molecular weight excluding hydrogens is 296 g/mol. The Bertz CT molecular complexity index is 546. The zero-order valence-electron chi connectivity index (χ0n) is 11.5. The van der Waals surface area contributed by atoms with Crippen LogP contribution < -0.4 is 14.8 Å². The monoisotopic (exact) mass is 312 g/mol. The van der Waals surface area contributed by atoms with Crippen molar-refractivity contribution in [1.82, 2.24) is 10.3 Å². The molecule has 0 unspecified atom stereocenters. The highest BCUT2D eigenvalue weighted by atomic mass is 35.5. The lowest BCUT2D eigenvalue weighted by Gasteiger charge is -2.15. The van der Waals surface area contributed by atoms with E-state index in [2.05, 4.69) is 17.2 Å². The molecule has 6 heteroatoms. The average Bonchev–Trinajstić information content (AvgIpc) is 2.96. The summed E-state index contributed by atoms with van der Waals surface area (Å²) < 4.78 is 11.2. The van der Waals surface area contributed by atoms with E-state index in [1.54, 1.807) is 30.7 Å². The van der Waals surface area contributed by atoms with Gasteiger partial charge < -0.3 is 14.8 Å². The van der Waals surface area contributed by atoms with Crippen molar-refractivity contribution >= 4 is 22.9 Å². The third kappa shape index (κ3) is 3.85. The number of hydrogen-bond donors (Lipinski definition) is 1. The van der Waals surface area contributed by atoms with Gasteiger partial charge in [-0.2, -0.15) is 0 Å². The van der Waals surface area contributed by atoms with Crippen LogP contribution in [0.2, 0.25) is 5.02 Å². The number of ether oxygens (including phenoxy) is 2. The molecule has 0 atom stereocenters. The lowest BCUT2D eigenvalue weighted by Crippen LogP contribution is -2.13. The molecule has 108 valence electrons. The van der Waals surface area contributed by atoms with Gasteiger partial charge in [0.05, 0.1) is 7.11 Å². The zero-order chi connectivity index (χ0) is 14.4. The summed E-state index contributed by atoms with van der Waals surface area (Å²) in [4.78, 5) is 4.21. The number of methoxy groups -OCH3 is 1. The van der Waals surface area contributed by atoms with Crippen molar-refractivity contribution in [2.24, 2.45) is 0 Å². The molecule has 0 aliphatic rings. The minimum absolute atomic E-state index is 0.425. The van der Waals surface area contributed by atoms with E-state index < -0.39 is 0 Å². The number of thiazole rings is 1. The predicted octanol–water partition coefficient (Wildman–Crippen LogP) is 3.49. The van der Waals surface area contributed by atoms with Crippen molar-refractivity contribution in [3.63, 3.8) is 0 Å². The molecule has 0 saturated heterocycles. The minimum Gasteiger partial charge on any atom is -0.493 e. The molecule has 4 nitrogen and oxygen atoms in total. The highest BCUT2D eigenvalue weighted by molar-refractivity contribution is 7.09. The van der Waals surface area contributed by atoms with Crippen LogP contribution in [-0.4, -0.2) is 18.6 Å². The molecule has 1 aromatic heterocycles. The second-order valence-electron chi connectivity index (χ2n) is 4.09. The third-order valence-electron chi connectivity index (χ3n) is 2.71. The van der Waals surface area contributed by atoms with Crippen LogP contribution in [0.15, 0.2) is 23.7 Å². The van der Waals surface area contributed by atoms with E-state index in [1.807, 2.05) is 11.4 Å². The van der Waals surface area contributed by atoms with Crippen LogP contribution in [0.3, 0.4) is 0 Å². The molecule has 0 aliphatic carbocycles. The number of aromatic nitrogens is 1. The first-order valence-corrected chi connectivity index (χ1v) is 7.58. The molecule has 0 amide bonds. The van der Waals surface area contributed by atoms with Gasteiger partial charge in [-0.15, -0.1) is 11.3 Å². The van der Waals surface area contributed by atoms with E-state index in [9.17, 15) is 0 Å². The molecule has 1 N–H and O–H groups in total. The fourth-order valence-electron chi connectivity index (χ4n) is 1.79. The molecule has 20 heavy (non-hydrogen) atoms. The molecule has 0 bridgehead atoms. The Balaban J connectivity index is 2.22. The summed E-state index contributed by atoms with van der Waals surface area (Å²) in [5.74, 6) is 1.36. The van der Waals surface area contributed by atoms with E-state index in [-0.39, 0.29) is 0 Å². The quantitative estimate of drug-likeness (QED) is 0.850. The van der Waals surface area contributed by atoms with Crippen molar-refractivity contribution in [1.29, 1.82) is 0 Å². The molecule has 0 spiro atoms. The minimum atomic E-state index is 0.425. The molecule has 2 aromatic rings. The lowest BCUT2D eigenvalue weighted by atomic mass is 10.2. The van der Waals surface area contributed by atoms with E-state index in [0.29, 0.717) is 29.7 Å². The first-order chi connectivity index (χ1) is 9.74. The normalized spacial score (nSPS) is 10.6. The van der Waals surface area contributed by atoms with Crippen LogP contribution in [-0.2, 0) is 13.2 Å².